The van der Waals surface area contributed by atoms with Crippen LogP contribution in [0.5, 0.6) is 0 Å². The summed E-state index contributed by atoms with van der Waals surface area (Å²) in [6.45, 7) is 2.76. The number of carbonyl (C=O) groups is 2. The Bertz CT molecular complexity index is 534. The molecular weight excluding hydrogens is 299 g/mol. The SMILES string of the molecule is CCN1C(=O)CC[C@@H]1C(=O)NCc1ccc(Cl)cc1Cl. The fraction of sp³-hybridized carbons (Fsp3) is 0.429. The molecule has 0 bridgehead atoms. The summed E-state index contributed by atoms with van der Waals surface area (Å²) in [6.07, 6.45) is 1.01. The van der Waals surface area contributed by atoms with Gasteiger partial charge in [-0.3, -0.25) is 9.59 Å². The van der Waals surface area contributed by atoms with Gasteiger partial charge in [0, 0.05) is 29.6 Å². The first-order valence-electron chi connectivity index (χ1n) is 6.54. The van der Waals surface area contributed by atoms with E-state index in [1.165, 1.54) is 0 Å². The first-order chi connectivity index (χ1) is 9.52. The van der Waals surface area contributed by atoms with Crippen LogP contribution in [0.25, 0.3) is 0 Å². The van der Waals surface area contributed by atoms with Crippen molar-refractivity contribution in [2.75, 3.05) is 6.54 Å². The number of carbonyl (C=O) groups excluding carboxylic acids is 2. The molecule has 1 atom stereocenters. The number of hydrogen-bond acceptors (Lipinski definition) is 2. The van der Waals surface area contributed by atoms with E-state index in [2.05, 4.69) is 5.32 Å². The molecule has 0 radical (unpaired) electrons. The van der Waals surface area contributed by atoms with Crippen LogP contribution in [0.1, 0.15) is 25.3 Å². The van der Waals surface area contributed by atoms with Gasteiger partial charge in [-0.15, -0.1) is 0 Å². The molecule has 1 aromatic rings. The number of amides is 2. The van der Waals surface area contributed by atoms with Gasteiger partial charge < -0.3 is 10.2 Å². The van der Waals surface area contributed by atoms with Crippen molar-refractivity contribution >= 4 is 35.0 Å². The Hall–Kier alpha value is -1.26. The number of nitrogens with one attached hydrogen (secondary N) is 1. The molecule has 6 heteroatoms. The maximum Gasteiger partial charge on any atom is 0.243 e. The molecule has 0 unspecified atom stereocenters. The fourth-order valence-corrected chi connectivity index (χ4v) is 2.84. The van der Waals surface area contributed by atoms with Crippen LogP contribution in [-0.4, -0.2) is 29.3 Å². The summed E-state index contributed by atoms with van der Waals surface area (Å²) in [6, 6.07) is 4.79. The van der Waals surface area contributed by atoms with Gasteiger partial charge in [0.15, 0.2) is 0 Å². The van der Waals surface area contributed by atoms with E-state index in [9.17, 15) is 9.59 Å². The molecule has 0 aromatic heterocycles. The Morgan fingerprint density at radius 3 is 2.85 bits per heavy atom. The highest BCUT2D eigenvalue weighted by atomic mass is 35.5. The Morgan fingerprint density at radius 2 is 2.20 bits per heavy atom. The maximum atomic E-state index is 12.1. The van der Waals surface area contributed by atoms with Crippen LogP contribution in [-0.2, 0) is 16.1 Å². The van der Waals surface area contributed by atoms with Crippen molar-refractivity contribution in [2.45, 2.75) is 32.4 Å². The monoisotopic (exact) mass is 314 g/mol. The Kier molecular flexibility index (Phi) is 4.89. The van der Waals surface area contributed by atoms with E-state index in [1.54, 1.807) is 23.1 Å². The van der Waals surface area contributed by atoms with Gasteiger partial charge >= 0.3 is 0 Å². The van der Waals surface area contributed by atoms with Crippen LogP contribution in [0.4, 0.5) is 0 Å². The number of benzene rings is 1. The summed E-state index contributed by atoms with van der Waals surface area (Å²) in [5, 5.41) is 3.91. The van der Waals surface area contributed by atoms with Crippen molar-refractivity contribution in [2.24, 2.45) is 0 Å². The molecule has 1 fully saturated rings. The Morgan fingerprint density at radius 1 is 1.45 bits per heavy atom. The fourth-order valence-electron chi connectivity index (χ4n) is 2.37. The van der Waals surface area contributed by atoms with E-state index < -0.39 is 0 Å². The standard InChI is InChI=1S/C14H16Cl2N2O2/c1-2-18-12(5-6-13(18)19)14(20)17-8-9-3-4-10(15)7-11(9)16/h3-4,7,12H,2,5-6,8H2,1H3,(H,17,20)/t12-/m1/s1. The minimum absolute atomic E-state index is 0.0391. The highest BCUT2D eigenvalue weighted by Gasteiger charge is 2.34. The molecule has 2 amide bonds. The third-order valence-corrected chi connectivity index (χ3v) is 4.03. The highest BCUT2D eigenvalue weighted by Crippen LogP contribution is 2.22. The van der Waals surface area contributed by atoms with Crippen LogP contribution >= 0.6 is 23.2 Å². The molecule has 0 aliphatic carbocycles. The molecule has 0 saturated carbocycles. The molecule has 1 heterocycles. The lowest BCUT2D eigenvalue weighted by atomic mass is 10.2. The smallest absolute Gasteiger partial charge is 0.243 e. The first-order valence-corrected chi connectivity index (χ1v) is 7.29. The molecular formula is C14H16Cl2N2O2. The molecule has 1 aliphatic rings. The van der Waals surface area contributed by atoms with Crippen LogP contribution in [0, 0.1) is 0 Å². The quantitative estimate of drug-likeness (QED) is 0.928. The van der Waals surface area contributed by atoms with Gasteiger partial charge in [-0.05, 0) is 31.0 Å². The largest absolute Gasteiger partial charge is 0.350 e. The zero-order valence-corrected chi connectivity index (χ0v) is 12.7. The van der Waals surface area contributed by atoms with Crippen molar-refractivity contribution in [3.05, 3.63) is 33.8 Å². The summed E-state index contributed by atoms with van der Waals surface area (Å²) in [4.78, 5) is 25.3. The zero-order valence-electron chi connectivity index (χ0n) is 11.2. The van der Waals surface area contributed by atoms with E-state index in [1.807, 2.05) is 6.92 Å². The average molecular weight is 315 g/mol. The molecule has 1 aromatic carbocycles. The minimum atomic E-state index is -0.362. The summed E-state index contributed by atoms with van der Waals surface area (Å²) in [5.41, 5.74) is 0.803. The Balaban J connectivity index is 1.97. The second kappa shape index (κ2) is 6.46. The lowest BCUT2D eigenvalue weighted by Gasteiger charge is -2.22. The van der Waals surface area contributed by atoms with E-state index in [-0.39, 0.29) is 17.9 Å². The first kappa shape index (κ1) is 15.1. The van der Waals surface area contributed by atoms with Crippen LogP contribution < -0.4 is 5.32 Å². The van der Waals surface area contributed by atoms with Gasteiger partial charge in [0.25, 0.3) is 0 Å². The minimum Gasteiger partial charge on any atom is -0.350 e. The van der Waals surface area contributed by atoms with Crippen molar-refractivity contribution in [1.82, 2.24) is 10.2 Å². The molecule has 1 N–H and O–H groups in total. The van der Waals surface area contributed by atoms with E-state index >= 15 is 0 Å². The van der Waals surface area contributed by atoms with Crippen LogP contribution in [0.15, 0.2) is 18.2 Å². The Labute approximate surface area is 128 Å². The van der Waals surface area contributed by atoms with Gasteiger partial charge in [0.1, 0.15) is 6.04 Å². The van der Waals surface area contributed by atoms with Crippen molar-refractivity contribution in [3.8, 4) is 0 Å². The predicted molar refractivity (Wildman–Crippen MR) is 78.7 cm³/mol. The average Bonchev–Trinajstić information content (AvgIpc) is 2.78. The molecule has 4 nitrogen and oxygen atoms in total. The maximum absolute atomic E-state index is 12.1. The molecule has 108 valence electrons. The van der Waals surface area contributed by atoms with Crippen LogP contribution in [0.2, 0.25) is 10.0 Å². The second-order valence-corrected chi connectivity index (χ2v) is 5.53. The van der Waals surface area contributed by atoms with Crippen molar-refractivity contribution in [3.63, 3.8) is 0 Å². The number of halogens is 2. The van der Waals surface area contributed by atoms with E-state index in [4.69, 9.17) is 23.2 Å². The molecule has 1 aliphatic heterocycles. The topological polar surface area (TPSA) is 49.4 Å². The number of nitrogens with zero attached hydrogens (tertiary/aromatic N) is 1. The number of likely N-dealkylation sites (N-methyl/N-ethyl adjacent to an activating group) is 1. The van der Waals surface area contributed by atoms with Gasteiger partial charge in [0.05, 0.1) is 0 Å². The molecule has 2 rings (SSSR count). The third-order valence-electron chi connectivity index (χ3n) is 3.44. The normalized spacial score (nSPS) is 18.4. The summed E-state index contributed by atoms with van der Waals surface area (Å²) < 4.78 is 0. The van der Waals surface area contributed by atoms with Crippen LogP contribution in [0.3, 0.4) is 0 Å². The third kappa shape index (κ3) is 3.25. The lowest BCUT2D eigenvalue weighted by Crippen LogP contribution is -2.44. The predicted octanol–water partition coefficient (Wildman–Crippen LogP) is 2.62. The second-order valence-electron chi connectivity index (χ2n) is 4.69. The van der Waals surface area contributed by atoms with Gasteiger partial charge in [-0.1, -0.05) is 29.3 Å². The number of hydrogen-bond donors (Lipinski definition) is 1. The van der Waals surface area contributed by atoms with Gasteiger partial charge in [-0.25, -0.2) is 0 Å². The summed E-state index contributed by atoms with van der Waals surface area (Å²) in [7, 11) is 0. The van der Waals surface area contributed by atoms with Gasteiger partial charge in [-0.2, -0.15) is 0 Å². The highest BCUT2D eigenvalue weighted by molar-refractivity contribution is 6.35. The van der Waals surface area contributed by atoms with Crippen molar-refractivity contribution < 1.29 is 9.59 Å². The van der Waals surface area contributed by atoms with Gasteiger partial charge in [0.2, 0.25) is 11.8 Å². The molecule has 1 saturated heterocycles. The van der Waals surface area contributed by atoms with Crippen molar-refractivity contribution in [1.29, 1.82) is 0 Å². The van der Waals surface area contributed by atoms with E-state index in [0.29, 0.717) is 36.0 Å². The molecule has 20 heavy (non-hydrogen) atoms. The summed E-state index contributed by atoms with van der Waals surface area (Å²) in [5.74, 6) is -0.0964. The number of rotatable bonds is 4. The number of likely N-dealkylation sites (tertiary alicyclic amines) is 1. The molecule has 0 spiro atoms. The lowest BCUT2D eigenvalue weighted by molar-refractivity contribution is -0.135. The van der Waals surface area contributed by atoms with E-state index in [0.717, 1.165) is 5.56 Å². The summed E-state index contributed by atoms with van der Waals surface area (Å²) >= 11 is 11.9. The zero-order chi connectivity index (χ0) is 14.7.